The van der Waals surface area contributed by atoms with Crippen molar-refractivity contribution in [2.75, 3.05) is 19.8 Å². The summed E-state index contributed by atoms with van der Waals surface area (Å²) < 4.78 is 23.0. The molecular formula is C12H18ClNO6P-. The summed E-state index contributed by atoms with van der Waals surface area (Å²) in [4.78, 5) is 0. The fraction of sp³-hybridized carbons (Fsp3) is 0.500. The van der Waals surface area contributed by atoms with Crippen LogP contribution in [0.5, 0.6) is 0 Å². The highest BCUT2D eigenvalue weighted by Gasteiger charge is 2.51. The number of rotatable bonds is 8. The average molecular weight is 339 g/mol. The van der Waals surface area contributed by atoms with Gasteiger partial charge in [0.2, 0.25) is 5.34 Å². The van der Waals surface area contributed by atoms with Crippen molar-refractivity contribution in [3.8, 4) is 0 Å². The molecule has 1 aromatic rings. The van der Waals surface area contributed by atoms with E-state index in [9.17, 15) is 14.9 Å². The largest absolute Gasteiger partial charge is 0.762 e. The van der Waals surface area contributed by atoms with Crippen LogP contribution in [0.15, 0.2) is 24.3 Å². The van der Waals surface area contributed by atoms with E-state index in [2.05, 4.69) is 0 Å². The van der Waals surface area contributed by atoms with Crippen molar-refractivity contribution in [3.63, 3.8) is 0 Å². The first-order valence-electron chi connectivity index (χ1n) is 6.30. The third kappa shape index (κ3) is 4.25. The number of hydroxylamine groups is 2. The van der Waals surface area contributed by atoms with Crippen LogP contribution in [0.2, 0.25) is 5.02 Å². The fourth-order valence-corrected chi connectivity index (χ4v) is 3.90. The zero-order chi connectivity index (χ0) is 16.1. The van der Waals surface area contributed by atoms with Crippen LogP contribution in [-0.4, -0.2) is 35.3 Å². The van der Waals surface area contributed by atoms with Gasteiger partial charge in [-0.05, 0) is 31.5 Å². The normalized spacial score (nSPS) is 15.2. The molecule has 0 radical (unpaired) electrons. The second-order valence-corrected chi connectivity index (χ2v) is 6.85. The van der Waals surface area contributed by atoms with Crippen LogP contribution in [-0.2, 0) is 19.0 Å². The summed E-state index contributed by atoms with van der Waals surface area (Å²) in [6.45, 7) is 2.24. The number of hydrogen-bond acceptors (Lipinski definition) is 7. The molecule has 1 atom stereocenters. The van der Waals surface area contributed by atoms with E-state index in [1.165, 1.54) is 24.3 Å². The van der Waals surface area contributed by atoms with Gasteiger partial charge in [-0.2, -0.15) is 0 Å². The van der Waals surface area contributed by atoms with E-state index in [1.54, 1.807) is 13.8 Å². The summed E-state index contributed by atoms with van der Waals surface area (Å²) in [5.41, 5.74) is 0.0898. The third-order valence-corrected chi connectivity index (χ3v) is 5.47. The first-order valence-corrected chi connectivity index (χ1v) is 8.22. The minimum absolute atomic E-state index is 0.00252. The van der Waals surface area contributed by atoms with Gasteiger partial charge in [0.25, 0.3) is 0 Å². The molecule has 0 aliphatic carbocycles. The van der Waals surface area contributed by atoms with E-state index in [1.807, 2.05) is 0 Å². The molecule has 9 heteroatoms. The Bertz CT molecular complexity index is 487. The maximum absolute atomic E-state index is 12.9. The Hall–Kier alpha value is -0.500. The number of hydrogen-bond donors (Lipinski definition) is 2. The molecule has 1 aromatic carbocycles. The quantitative estimate of drug-likeness (QED) is 0.555. The molecule has 0 bridgehead atoms. The Morgan fingerprint density at radius 1 is 1.29 bits per heavy atom. The van der Waals surface area contributed by atoms with Gasteiger partial charge in [-0.25, -0.2) is 0 Å². The van der Waals surface area contributed by atoms with Crippen LogP contribution in [0.25, 0.3) is 0 Å². The van der Waals surface area contributed by atoms with Crippen LogP contribution in [0.3, 0.4) is 0 Å². The Kier molecular flexibility index (Phi) is 6.77. The highest BCUT2D eigenvalue weighted by molar-refractivity contribution is 7.55. The zero-order valence-corrected chi connectivity index (χ0v) is 13.4. The lowest BCUT2D eigenvalue weighted by molar-refractivity contribution is -0.0890. The maximum atomic E-state index is 12.9. The molecule has 0 saturated carbocycles. The van der Waals surface area contributed by atoms with Crippen LogP contribution < -0.4 is 0 Å². The summed E-state index contributed by atoms with van der Waals surface area (Å²) >= 11 is 5.77. The molecule has 0 saturated heterocycles. The number of nitrogens with zero attached hydrogens (tertiary/aromatic N) is 1. The highest BCUT2D eigenvalue weighted by Crippen LogP contribution is 2.63. The van der Waals surface area contributed by atoms with E-state index >= 15 is 0 Å². The molecule has 0 fully saturated rings. The summed E-state index contributed by atoms with van der Waals surface area (Å²) in [6, 6.07) is 5.68. The molecule has 21 heavy (non-hydrogen) atoms. The van der Waals surface area contributed by atoms with Crippen molar-refractivity contribution in [1.82, 2.24) is 5.23 Å². The number of halogens is 1. The summed E-state index contributed by atoms with van der Waals surface area (Å²) in [5.74, 6) is 0. The van der Waals surface area contributed by atoms with Gasteiger partial charge >= 0.3 is 7.60 Å². The first kappa shape index (κ1) is 18.5. The van der Waals surface area contributed by atoms with Gasteiger partial charge in [0.15, 0.2) is 0 Å². The van der Waals surface area contributed by atoms with E-state index < -0.39 is 24.7 Å². The van der Waals surface area contributed by atoms with Crippen LogP contribution in [0, 0.1) is 5.21 Å². The lowest BCUT2D eigenvalue weighted by atomic mass is 10.1. The zero-order valence-electron chi connectivity index (χ0n) is 11.7. The predicted molar refractivity (Wildman–Crippen MR) is 78.1 cm³/mol. The van der Waals surface area contributed by atoms with E-state index in [0.29, 0.717) is 5.02 Å². The van der Waals surface area contributed by atoms with Gasteiger partial charge in [-0.1, -0.05) is 23.7 Å². The molecule has 0 spiro atoms. The van der Waals surface area contributed by atoms with E-state index in [0.717, 1.165) is 0 Å². The molecule has 1 unspecified atom stereocenters. The SMILES string of the molecule is CCOP(=O)(OCC)C(O)(CN([O-])O)c1ccc(Cl)cc1. The second-order valence-electron chi connectivity index (χ2n) is 4.17. The van der Waals surface area contributed by atoms with Crippen molar-refractivity contribution in [2.45, 2.75) is 19.2 Å². The smallest absolute Gasteiger partial charge is 0.367 e. The van der Waals surface area contributed by atoms with Crippen molar-refractivity contribution in [1.29, 1.82) is 0 Å². The summed E-state index contributed by atoms with van der Waals surface area (Å²) in [5, 5.41) is 28.3. The van der Waals surface area contributed by atoms with E-state index in [-0.39, 0.29) is 18.8 Å². The van der Waals surface area contributed by atoms with Gasteiger partial charge in [0.1, 0.15) is 0 Å². The molecule has 7 nitrogen and oxygen atoms in total. The summed E-state index contributed by atoms with van der Waals surface area (Å²) in [7, 11) is -4.12. The van der Waals surface area contributed by atoms with Crippen molar-refractivity contribution in [2.24, 2.45) is 0 Å². The van der Waals surface area contributed by atoms with Gasteiger partial charge in [0.05, 0.1) is 19.8 Å². The predicted octanol–water partition coefficient (Wildman–Crippen LogP) is 2.94. The molecule has 0 amide bonds. The summed E-state index contributed by atoms with van der Waals surface area (Å²) in [6.07, 6.45) is 0. The Labute approximate surface area is 128 Å². The third-order valence-electron chi connectivity index (χ3n) is 2.71. The van der Waals surface area contributed by atoms with Gasteiger partial charge < -0.3 is 24.6 Å². The Balaban J connectivity index is 3.36. The van der Waals surface area contributed by atoms with Crippen LogP contribution >= 0.6 is 19.2 Å². The fourth-order valence-electron chi connectivity index (χ4n) is 1.83. The molecule has 0 aromatic heterocycles. The maximum Gasteiger partial charge on any atom is 0.367 e. The Morgan fingerprint density at radius 3 is 2.14 bits per heavy atom. The van der Waals surface area contributed by atoms with E-state index in [4.69, 9.17) is 25.9 Å². The monoisotopic (exact) mass is 338 g/mol. The Morgan fingerprint density at radius 2 is 1.76 bits per heavy atom. The number of aliphatic hydroxyl groups is 1. The number of benzene rings is 1. The van der Waals surface area contributed by atoms with Gasteiger partial charge in [-0.3, -0.25) is 9.79 Å². The molecule has 2 N–H and O–H groups in total. The van der Waals surface area contributed by atoms with Crippen LogP contribution in [0.1, 0.15) is 19.4 Å². The van der Waals surface area contributed by atoms with Gasteiger partial charge in [-0.15, -0.1) is 0 Å². The van der Waals surface area contributed by atoms with Crippen molar-refractivity contribution >= 4 is 19.2 Å². The van der Waals surface area contributed by atoms with Gasteiger partial charge in [0, 0.05) is 5.02 Å². The second kappa shape index (κ2) is 7.67. The molecular weight excluding hydrogens is 321 g/mol. The standard InChI is InChI=1S/C12H18ClNO6P/c1-3-19-21(18,20-4-2)12(15,9-14(16)17)10-5-7-11(13)8-6-10/h5-8,15-16H,3-4,9H2,1-2H3/q-1. The minimum Gasteiger partial charge on any atom is -0.762 e. The minimum atomic E-state index is -4.12. The lowest BCUT2D eigenvalue weighted by Crippen LogP contribution is -2.38. The topological polar surface area (TPSA) is 102 Å². The van der Waals surface area contributed by atoms with Crippen molar-refractivity contribution in [3.05, 3.63) is 40.1 Å². The van der Waals surface area contributed by atoms with Crippen molar-refractivity contribution < 1.29 is 23.9 Å². The lowest BCUT2D eigenvalue weighted by Gasteiger charge is -2.38. The van der Waals surface area contributed by atoms with Crippen LogP contribution in [0.4, 0.5) is 0 Å². The molecule has 1 rings (SSSR count). The molecule has 0 aliphatic rings. The molecule has 0 aliphatic heterocycles. The molecule has 120 valence electrons. The first-order chi connectivity index (χ1) is 9.79. The molecule has 0 heterocycles. The average Bonchev–Trinajstić information content (AvgIpc) is 2.39. The highest BCUT2D eigenvalue weighted by atomic mass is 35.5.